The van der Waals surface area contributed by atoms with Gasteiger partial charge in [-0.3, -0.25) is 4.90 Å². The van der Waals surface area contributed by atoms with Gasteiger partial charge in [-0.25, -0.2) is 0 Å². The van der Waals surface area contributed by atoms with E-state index >= 15 is 0 Å². The molecule has 0 aromatic carbocycles. The lowest BCUT2D eigenvalue weighted by atomic mass is 10.2. The topological polar surface area (TPSA) is 15.3 Å². The van der Waals surface area contributed by atoms with E-state index in [1.807, 2.05) is 0 Å². The summed E-state index contributed by atoms with van der Waals surface area (Å²) >= 11 is 0. The third-order valence-electron chi connectivity index (χ3n) is 3.01. The summed E-state index contributed by atoms with van der Waals surface area (Å²) in [6.45, 7) is 7.50. The van der Waals surface area contributed by atoms with Gasteiger partial charge in [0, 0.05) is 19.1 Å². The van der Waals surface area contributed by atoms with Gasteiger partial charge in [-0.15, -0.1) is 0 Å². The van der Waals surface area contributed by atoms with Gasteiger partial charge in [-0.05, 0) is 31.8 Å². The fourth-order valence-electron chi connectivity index (χ4n) is 2.25. The number of hydrogen-bond acceptors (Lipinski definition) is 2. The number of nitrogens with one attached hydrogen (secondary N) is 1. The minimum atomic E-state index is 0.861. The van der Waals surface area contributed by atoms with Crippen LogP contribution in [0.4, 0.5) is 0 Å². The van der Waals surface area contributed by atoms with E-state index in [1.165, 1.54) is 39.0 Å². The summed E-state index contributed by atoms with van der Waals surface area (Å²) in [5, 5.41) is 3.42. The molecule has 2 rings (SSSR count). The molecule has 2 heterocycles. The average molecular weight is 154 g/mol. The molecule has 11 heavy (non-hydrogen) atoms. The van der Waals surface area contributed by atoms with Crippen LogP contribution in [0.1, 0.15) is 19.8 Å². The molecule has 0 aromatic rings. The van der Waals surface area contributed by atoms with Crippen molar-refractivity contribution < 1.29 is 0 Å². The van der Waals surface area contributed by atoms with Crippen molar-refractivity contribution in [1.29, 1.82) is 0 Å². The van der Waals surface area contributed by atoms with Crippen LogP contribution in [0.2, 0.25) is 0 Å². The van der Waals surface area contributed by atoms with E-state index in [0.29, 0.717) is 0 Å². The normalized spacial score (nSPS) is 40.1. The molecule has 0 spiro atoms. The maximum atomic E-state index is 3.42. The van der Waals surface area contributed by atoms with Crippen LogP contribution in [0.5, 0.6) is 0 Å². The fraction of sp³-hybridized carbons (Fsp3) is 1.00. The van der Waals surface area contributed by atoms with Crippen molar-refractivity contribution in [1.82, 2.24) is 10.2 Å². The number of nitrogens with zero attached hydrogens (tertiary/aromatic N) is 1. The van der Waals surface area contributed by atoms with E-state index in [1.54, 1.807) is 0 Å². The molecule has 0 aliphatic carbocycles. The molecule has 2 saturated heterocycles. The van der Waals surface area contributed by atoms with Crippen molar-refractivity contribution in [3.8, 4) is 0 Å². The van der Waals surface area contributed by atoms with Crippen molar-refractivity contribution in [2.24, 2.45) is 5.92 Å². The van der Waals surface area contributed by atoms with Crippen LogP contribution < -0.4 is 5.32 Å². The zero-order valence-corrected chi connectivity index (χ0v) is 7.34. The summed E-state index contributed by atoms with van der Waals surface area (Å²) in [5.41, 5.74) is 0. The highest BCUT2D eigenvalue weighted by molar-refractivity contribution is 4.84. The SMILES string of the molecule is C[C@@H]1CCN([C@H]2CCNC2)C1. The first-order valence-corrected chi connectivity index (χ1v) is 4.81. The van der Waals surface area contributed by atoms with E-state index in [2.05, 4.69) is 17.1 Å². The summed E-state index contributed by atoms with van der Waals surface area (Å²) in [4.78, 5) is 2.66. The highest BCUT2D eigenvalue weighted by Crippen LogP contribution is 2.20. The Hall–Kier alpha value is -0.0800. The first-order valence-electron chi connectivity index (χ1n) is 4.81. The minimum Gasteiger partial charge on any atom is -0.315 e. The summed E-state index contributed by atoms with van der Waals surface area (Å²) in [5.74, 6) is 0.940. The van der Waals surface area contributed by atoms with E-state index in [0.717, 1.165) is 12.0 Å². The number of hydrogen-bond donors (Lipinski definition) is 1. The van der Waals surface area contributed by atoms with Crippen LogP contribution >= 0.6 is 0 Å². The standard InChI is InChI=1S/C9H18N2/c1-8-3-5-11(7-8)9-2-4-10-6-9/h8-10H,2-7H2,1H3/t8-,9+/m1/s1. The summed E-state index contributed by atoms with van der Waals surface area (Å²) in [6, 6.07) is 0.861. The molecule has 2 nitrogen and oxygen atoms in total. The van der Waals surface area contributed by atoms with Crippen LogP contribution in [0.15, 0.2) is 0 Å². The van der Waals surface area contributed by atoms with Crippen molar-refractivity contribution >= 4 is 0 Å². The molecule has 0 saturated carbocycles. The molecular formula is C9H18N2. The summed E-state index contributed by atoms with van der Waals surface area (Å²) in [6.07, 6.45) is 2.78. The first kappa shape index (κ1) is 7.56. The Morgan fingerprint density at radius 2 is 2.27 bits per heavy atom. The van der Waals surface area contributed by atoms with Gasteiger partial charge in [-0.1, -0.05) is 6.92 Å². The third kappa shape index (κ3) is 1.57. The van der Waals surface area contributed by atoms with Gasteiger partial charge < -0.3 is 5.32 Å². The van der Waals surface area contributed by atoms with Gasteiger partial charge in [-0.2, -0.15) is 0 Å². The number of likely N-dealkylation sites (tertiary alicyclic amines) is 1. The smallest absolute Gasteiger partial charge is 0.0232 e. The Kier molecular flexibility index (Phi) is 2.14. The molecule has 2 aliphatic rings. The Morgan fingerprint density at radius 1 is 1.36 bits per heavy atom. The zero-order valence-electron chi connectivity index (χ0n) is 7.34. The van der Waals surface area contributed by atoms with E-state index in [-0.39, 0.29) is 0 Å². The van der Waals surface area contributed by atoms with Crippen LogP contribution in [0, 0.1) is 5.92 Å². The molecular weight excluding hydrogens is 136 g/mol. The number of rotatable bonds is 1. The second kappa shape index (κ2) is 3.11. The molecule has 64 valence electrons. The fourth-order valence-corrected chi connectivity index (χ4v) is 2.25. The minimum absolute atomic E-state index is 0.861. The molecule has 0 unspecified atom stereocenters. The Bertz CT molecular complexity index is 130. The lowest BCUT2D eigenvalue weighted by Crippen LogP contribution is -2.34. The molecule has 2 atom stereocenters. The molecule has 0 amide bonds. The predicted octanol–water partition coefficient (Wildman–Crippen LogP) is 0.690. The Morgan fingerprint density at radius 3 is 2.82 bits per heavy atom. The average Bonchev–Trinajstić information content (AvgIpc) is 2.55. The zero-order chi connectivity index (χ0) is 7.68. The second-order valence-electron chi connectivity index (χ2n) is 4.04. The van der Waals surface area contributed by atoms with Gasteiger partial charge in [0.2, 0.25) is 0 Å². The summed E-state index contributed by atoms with van der Waals surface area (Å²) < 4.78 is 0. The van der Waals surface area contributed by atoms with Crippen molar-refractivity contribution in [3.63, 3.8) is 0 Å². The Labute approximate surface area is 69.0 Å². The quantitative estimate of drug-likeness (QED) is 0.598. The molecule has 0 radical (unpaired) electrons. The lowest BCUT2D eigenvalue weighted by Gasteiger charge is -2.22. The highest BCUT2D eigenvalue weighted by atomic mass is 15.2. The van der Waals surface area contributed by atoms with Crippen molar-refractivity contribution in [3.05, 3.63) is 0 Å². The third-order valence-corrected chi connectivity index (χ3v) is 3.01. The molecule has 0 aromatic heterocycles. The van der Waals surface area contributed by atoms with Gasteiger partial charge in [0.15, 0.2) is 0 Å². The predicted molar refractivity (Wildman–Crippen MR) is 46.6 cm³/mol. The molecule has 1 N–H and O–H groups in total. The van der Waals surface area contributed by atoms with Crippen LogP contribution in [0.25, 0.3) is 0 Å². The highest BCUT2D eigenvalue weighted by Gasteiger charge is 2.27. The van der Waals surface area contributed by atoms with Gasteiger partial charge >= 0.3 is 0 Å². The van der Waals surface area contributed by atoms with Gasteiger partial charge in [0.1, 0.15) is 0 Å². The largest absolute Gasteiger partial charge is 0.315 e. The lowest BCUT2D eigenvalue weighted by molar-refractivity contribution is 0.251. The maximum absolute atomic E-state index is 3.42. The molecule has 2 fully saturated rings. The van der Waals surface area contributed by atoms with Gasteiger partial charge in [0.25, 0.3) is 0 Å². The Balaban J connectivity index is 1.85. The van der Waals surface area contributed by atoms with Crippen molar-refractivity contribution in [2.75, 3.05) is 26.2 Å². The van der Waals surface area contributed by atoms with Crippen LogP contribution in [-0.2, 0) is 0 Å². The molecule has 2 heteroatoms. The van der Waals surface area contributed by atoms with Gasteiger partial charge in [0.05, 0.1) is 0 Å². The van der Waals surface area contributed by atoms with Crippen molar-refractivity contribution in [2.45, 2.75) is 25.8 Å². The van der Waals surface area contributed by atoms with E-state index in [4.69, 9.17) is 0 Å². The van der Waals surface area contributed by atoms with E-state index < -0.39 is 0 Å². The second-order valence-corrected chi connectivity index (χ2v) is 4.04. The monoisotopic (exact) mass is 154 g/mol. The maximum Gasteiger partial charge on any atom is 0.0232 e. The first-order chi connectivity index (χ1) is 5.36. The molecule has 0 bridgehead atoms. The summed E-state index contributed by atoms with van der Waals surface area (Å²) in [7, 11) is 0. The van der Waals surface area contributed by atoms with E-state index in [9.17, 15) is 0 Å². The van der Waals surface area contributed by atoms with Crippen LogP contribution in [-0.4, -0.2) is 37.1 Å². The molecule has 2 aliphatic heterocycles. The van der Waals surface area contributed by atoms with Crippen LogP contribution in [0.3, 0.4) is 0 Å².